The molecule has 2 rings (SSSR count). The minimum Gasteiger partial charge on any atom is -0.456 e. The highest BCUT2D eigenvalue weighted by molar-refractivity contribution is 7.92. The van der Waals surface area contributed by atoms with Gasteiger partial charge in [0.2, 0.25) is 10.0 Å². The van der Waals surface area contributed by atoms with Gasteiger partial charge in [-0.25, -0.2) is 21.9 Å². The van der Waals surface area contributed by atoms with E-state index >= 15 is 0 Å². The van der Waals surface area contributed by atoms with E-state index in [1.165, 1.54) is 36.4 Å². The van der Waals surface area contributed by atoms with E-state index in [0.717, 1.165) is 16.6 Å². The molecule has 0 unspecified atom stereocenters. The molecule has 0 aliphatic carbocycles. The van der Waals surface area contributed by atoms with Crippen molar-refractivity contribution < 1.29 is 22.3 Å². The average molecular weight is 365 g/mol. The molecule has 0 bridgehead atoms. The van der Waals surface area contributed by atoms with Crippen LogP contribution in [0.5, 0.6) is 0 Å². The summed E-state index contributed by atoms with van der Waals surface area (Å²) >= 11 is 0. The summed E-state index contributed by atoms with van der Waals surface area (Å²) in [6, 6.07) is 11.2. The van der Waals surface area contributed by atoms with E-state index < -0.39 is 27.4 Å². The van der Waals surface area contributed by atoms with Gasteiger partial charge in [-0.05, 0) is 57.2 Å². The van der Waals surface area contributed by atoms with Crippen LogP contribution in [0.2, 0.25) is 0 Å². The Labute approximate surface area is 147 Å². The molecule has 0 aromatic heterocycles. The van der Waals surface area contributed by atoms with Gasteiger partial charge in [0, 0.05) is 0 Å². The van der Waals surface area contributed by atoms with Crippen LogP contribution in [0.25, 0.3) is 0 Å². The summed E-state index contributed by atoms with van der Waals surface area (Å²) in [6.07, 6.45) is 1.01. The van der Waals surface area contributed by atoms with Crippen molar-refractivity contribution in [3.63, 3.8) is 0 Å². The summed E-state index contributed by atoms with van der Waals surface area (Å²) in [5.74, 6) is -1.13. The molecule has 0 fully saturated rings. The van der Waals surface area contributed by atoms with Crippen LogP contribution >= 0.6 is 0 Å². The molecule has 0 heterocycles. The number of sulfonamides is 1. The molecule has 7 heteroatoms. The van der Waals surface area contributed by atoms with Gasteiger partial charge in [-0.2, -0.15) is 0 Å². The van der Waals surface area contributed by atoms with E-state index in [9.17, 15) is 17.6 Å². The molecule has 2 aromatic rings. The fourth-order valence-electron chi connectivity index (χ4n) is 2.23. The lowest BCUT2D eigenvalue weighted by molar-refractivity contribution is 0.00695. The number of anilines is 2. The third kappa shape index (κ3) is 5.03. The third-order valence-corrected chi connectivity index (χ3v) is 4.17. The molecular formula is C18H20FNO4S. The van der Waals surface area contributed by atoms with Crippen molar-refractivity contribution in [2.75, 3.05) is 10.6 Å². The lowest BCUT2D eigenvalue weighted by atomic mass is 10.1. The number of esters is 1. The molecule has 0 radical (unpaired) electrons. The number of carbonyl (C=O) groups excluding carboxylic acids is 1. The van der Waals surface area contributed by atoms with Crippen LogP contribution in [0.3, 0.4) is 0 Å². The molecule has 0 saturated heterocycles. The van der Waals surface area contributed by atoms with Crippen molar-refractivity contribution in [3.8, 4) is 0 Å². The smallest absolute Gasteiger partial charge is 0.338 e. The number of hydrogen-bond donors (Lipinski definition) is 0. The maximum Gasteiger partial charge on any atom is 0.338 e. The highest BCUT2D eigenvalue weighted by atomic mass is 32.2. The number of halogens is 1. The Hall–Kier alpha value is -2.41. The van der Waals surface area contributed by atoms with Crippen LogP contribution < -0.4 is 4.31 Å². The second-order valence-electron chi connectivity index (χ2n) is 6.56. The zero-order chi connectivity index (χ0) is 18.8. The zero-order valence-corrected chi connectivity index (χ0v) is 15.3. The van der Waals surface area contributed by atoms with Crippen molar-refractivity contribution in [1.82, 2.24) is 0 Å². The molecule has 0 spiro atoms. The molecule has 25 heavy (non-hydrogen) atoms. The van der Waals surface area contributed by atoms with Gasteiger partial charge in [-0.15, -0.1) is 0 Å². The minimum absolute atomic E-state index is 0.142. The first kappa shape index (κ1) is 18.9. The Balaban J connectivity index is 2.50. The number of ether oxygens (including phenoxy) is 1. The van der Waals surface area contributed by atoms with E-state index in [1.807, 2.05) is 0 Å². The summed E-state index contributed by atoms with van der Waals surface area (Å²) in [7, 11) is -3.75. The fraction of sp³-hybridized carbons (Fsp3) is 0.278. The minimum atomic E-state index is -3.75. The second kappa shape index (κ2) is 6.84. The molecule has 0 aliphatic heterocycles. The predicted octanol–water partition coefficient (Wildman–Crippen LogP) is 3.88. The van der Waals surface area contributed by atoms with Crippen LogP contribution in [0.4, 0.5) is 15.8 Å². The Bertz CT molecular complexity index is 888. The van der Waals surface area contributed by atoms with Crippen LogP contribution in [-0.4, -0.2) is 26.2 Å². The second-order valence-corrected chi connectivity index (χ2v) is 8.39. The molecule has 0 aliphatic rings. The lowest BCUT2D eigenvalue weighted by Gasteiger charge is -2.24. The fourth-order valence-corrected chi connectivity index (χ4v) is 3.22. The Morgan fingerprint density at radius 2 is 1.60 bits per heavy atom. The van der Waals surface area contributed by atoms with E-state index in [4.69, 9.17) is 4.74 Å². The maximum atomic E-state index is 13.5. The van der Waals surface area contributed by atoms with Crippen molar-refractivity contribution in [2.24, 2.45) is 0 Å². The normalized spacial score (nSPS) is 11.9. The van der Waals surface area contributed by atoms with E-state index in [1.54, 1.807) is 26.8 Å². The summed E-state index contributed by atoms with van der Waals surface area (Å²) in [4.78, 5) is 12.2. The van der Waals surface area contributed by atoms with Crippen molar-refractivity contribution in [2.45, 2.75) is 26.4 Å². The van der Waals surface area contributed by atoms with Crippen molar-refractivity contribution in [1.29, 1.82) is 0 Å². The summed E-state index contributed by atoms with van der Waals surface area (Å²) in [6.45, 7) is 5.22. The summed E-state index contributed by atoms with van der Waals surface area (Å²) < 4.78 is 44.3. The van der Waals surface area contributed by atoms with E-state index in [-0.39, 0.29) is 16.9 Å². The standard InChI is InChI=1S/C18H20FNO4S/c1-18(2,3)24-17(21)13-7-5-9-15(11-13)20(25(4,22)23)16-10-6-8-14(19)12-16/h5-12H,1-4H3. The molecule has 0 N–H and O–H groups in total. The topological polar surface area (TPSA) is 63.7 Å². The Morgan fingerprint density at radius 3 is 2.12 bits per heavy atom. The summed E-state index contributed by atoms with van der Waals surface area (Å²) in [5.41, 5.74) is -0.107. The maximum absolute atomic E-state index is 13.5. The van der Waals surface area contributed by atoms with Crippen LogP contribution in [0.1, 0.15) is 31.1 Å². The molecule has 2 aromatic carbocycles. The van der Waals surface area contributed by atoms with Crippen LogP contribution in [-0.2, 0) is 14.8 Å². The molecule has 5 nitrogen and oxygen atoms in total. The van der Waals surface area contributed by atoms with Gasteiger partial charge in [0.15, 0.2) is 0 Å². The highest BCUT2D eigenvalue weighted by Gasteiger charge is 2.23. The quantitative estimate of drug-likeness (QED) is 0.772. The molecule has 0 saturated carbocycles. The van der Waals surface area contributed by atoms with Gasteiger partial charge in [0.1, 0.15) is 11.4 Å². The SMILES string of the molecule is CC(C)(C)OC(=O)c1cccc(N(c2cccc(F)c2)S(C)(=O)=O)c1. The average Bonchev–Trinajstić information content (AvgIpc) is 2.44. The lowest BCUT2D eigenvalue weighted by Crippen LogP contribution is -2.26. The number of rotatable bonds is 4. The molecule has 0 amide bonds. The largest absolute Gasteiger partial charge is 0.456 e. The predicted molar refractivity (Wildman–Crippen MR) is 95.0 cm³/mol. The van der Waals surface area contributed by atoms with Gasteiger partial charge in [-0.1, -0.05) is 12.1 Å². The zero-order valence-electron chi connectivity index (χ0n) is 14.5. The van der Waals surface area contributed by atoms with Crippen LogP contribution in [0.15, 0.2) is 48.5 Å². The van der Waals surface area contributed by atoms with E-state index in [0.29, 0.717) is 0 Å². The first-order valence-corrected chi connectivity index (χ1v) is 9.41. The van der Waals surface area contributed by atoms with Gasteiger partial charge in [0.25, 0.3) is 0 Å². The van der Waals surface area contributed by atoms with Crippen molar-refractivity contribution in [3.05, 3.63) is 59.9 Å². The van der Waals surface area contributed by atoms with Gasteiger partial charge in [0.05, 0.1) is 23.2 Å². The number of benzene rings is 2. The first-order chi connectivity index (χ1) is 11.5. The summed E-state index contributed by atoms with van der Waals surface area (Å²) in [5, 5.41) is 0. The monoisotopic (exact) mass is 365 g/mol. The van der Waals surface area contributed by atoms with Gasteiger partial charge < -0.3 is 4.74 Å². The first-order valence-electron chi connectivity index (χ1n) is 7.57. The number of nitrogens with zero attached hydrogens (tertiary/aromatic N) is 1. The van der Waals surface area contributed by atoms with E-state index in [2.05, 4.69) is 0 Å². The van der Waals surface area contributed by atoms with Crippen LogP contribution in [0, 0.1) is 5.82 Å². The molecular weight excluding hydrogens is 345 g/mol. The van der Waals surface area contributed by atoms with Crippen molar-refractivity contribution >= 4 is 27.4 Å². The van der Waals surface area contributed by atoms with Gasteiger partial charge in [-0.3, -0.25) is 0 Å². The Kier molecular flexibility index (Phi) is 5.17. The third-order valence-electron chi connectivity index (χ3n) is 3.09. The molecule has 0 atom stereocenters. The number of carbonyl (C=O) groups is 1. The highest BCUT2D eigenvalue weighted by Crippen LogP contribution is 2.29. The molecule has 134 valence electrons. The Morgan fingerprint density at radius 1 is 1.04 bits per heavy atom. The van der Waals surface area contributed by atoms with Gasteiger partial charge >= 0.3 is 5.97 Å². The number of hydrogen-bond acceptors (Lipinski definition) is 4.